The van der Waals surface area contributed by atoms with Gasteiger partial charge in [-0.05, 0) is 24.3 Å². The number of aromatic nitrogens is 3. The first-order chi connectivity index (χ1) is 9.38. The minimum absolute atomic E-state index is 0.193. The van der Waals surface area contributed by atoms with Gasteiger partial charge in [0.15, 0.2) is 5.65 Å². The largest absolute Gasteiger partial charge is 0.376 e. The molecule has 0 bridgehead atoms. The standard InChI is InChI=1S/C14H12N4O/c19-10-18-13(17-11-4-2-1-3-5-11)7-6-12-14(18)16-9-8-15-12/h1-9,19H,10H2. The van der Waals surface area contributed by atoms with E-state index < -0.39 is 0 Å². The van der Waals surface area contributed by atoms with Gasteiger partial charge in [-0.15, -0.1) is 0 Å². The highest BCUT2D eigenvalue weighted by Crippen LogP contribution is 2.09. The summed E-state index contributed by atoms with van der Waals surface area (Å²) in [4.78, 5) is 12.9. The van der Waals surface area contributed by atoms with Gasteiger partial charge in [0.1, 0.15) is 17.7 Å². The number of rotatable bonds is 2. The van der Waals surface area contributed by atoms with E-state index in [-0.39, 0.29) is 6.73 Å². The first-order valence-electron chi connectivity index (χ1n) is 5.90. The van der Waals surface area contributed by atoms with Gasteiger partial charge in [0.2, 0.25) is 0 Å². The Kier molecular flexibility index (Phi) is 3.04. The van der Waals surface area contributed by atoms with Crippen molar-refractivity contribution in [3.8, 4) is 0 Å². The van der Waals surface area contributed by atoms with Crippen LogP contribution in [0.4, 0.5) is 5.69 Å². The van der Waals surface area contributed by atoms with Crippen LogP contribution in [0.15, 0.2) is 59.9 Å². The van der Waals surface area contributed by atoms with Crippen LogP contribution in [0.25, 0.3) is 11.2 Å². The molecule has 3 rings (SSSR count). The number of fused-ring (bicyclic) bond motifs is 1. The molecule has 0 aliphatic carbocycles. The van der Waals surface area contributed by atoms with Crippen LogP contribution in [0, 0.1) is 0 Å². The number of aliphatic hydroxyl groups is 1. The van der Waals surface area contributed by atoms with Gasteiger partial charge in [0.05, 0.1) is 5.69 Å². The quantitative estimate of drug-likeness (QED) is 0.753. The average molecular weight is 252 g/mol. The molecule has 0 aliphatic rings. The van der Waals surface area contributed by atoms with Crippen molar-refractivity contribution >= 4 is 16.9 Å². The molecule has 0 spiro atoms. The number of aliphatic hydroxyl groups excluding tert-OH is 1. The highest BCUT2D eigenvalue weighted by molar-refractivity contribution is 5.69. The van der Waals surface area contributed by atoms with Crippen molar-refractivity contribution in [2.24, 2.45) is 4.99 Å². The maximum absolute atomic E-state index is 9.53. The van der Waals surface area contributed by atoms with Crippen molar-refractivity contribution in [3.63, 3.8) is 0 Å². The van der Waals surface area contributed by atoms with E-state index in [1.54, 1.807) is 17.0 Å². The molecule has 94 valence electrons. The van der Waals surface area contributed by atoms with Gasteiger partial charge >= 0.3 is 0 Å². The first kappa shape index (κ1) is 11.6. The van der Waals surface area contributed by atoms with Crippen LogP contribution in [0.3, 0.4) is 0 Å². The van der Waals surface area contributed by atoms with Gasteiger partial charge in [0.25, 0.3) is 0 Å². The smallest absolute Gasteiger partial charge is 0.162 e. The van der Waals surface area contributed by atoms with Gasteiger partial charge in [-0.25, -0.2) is 9.98 Å². The molecule has 1 aromatic carbocycles. The fourth-order valence-corrected chi connectivity index (χ4v) is 1.89. The van der Waals surface area contributed by atoms with E-state index in [2.05, 4.69) is 15.0 Å². The van der Waals surface area contributed by atoms with Crippen molar-refractivity contribution in [1.82, 2.24) is 14.5 Å². The van der Waals surface area contributed by atoms with Gasteiger partial charge in [-0.2, -0.15) is 0 Å². The zero-order valence-corrected chi connectivity index (χ0v) is 10.1. The van der Waals surface area contributed by atoms with Crippen molar-refractivity contribution in [2.75, 3.05) is 0 Å². The van der Waals surface area contributed by atoms with Crippen molar-refractivity contribution < 1.29 is 5.11 Å². The number of benzene rings is 1. The summed E-state index contributed by atoms with van der Waals surface area (Å²) < 4.78 is 1.62. The molecule has 3 aromatic rings. The van der Waals surface area contributed by atoms with Crippen LogP contribution in [0.5, 0.6) is 0 Å². The summed E-state index contributed by atoms with van der Waals surface area (Å²) in [6.45, 7) is -0.193. The zero-order valence-electron chi connectivity index (χ0n) is 10.1. The maximum atomic E-state index is 9.53. The lowest BCUT2D eigenvalue weighted by Crippen LogP contribution is -2.21. The van der Waals surface area contributed by atoms with E-state index in [1.807, 2.05) is 42.5 Å². The van der Waals surface area contributed by atoms with Crippen LogP contribution in [0.1, 0.15) is 0 Å². The van der Waals surface area contributed by atoms with Crippen molar-refractivity contribution in [2.45, 2.75) is 6.73 Å². The number of hydrogen-bond acceptors (Lipinski definition) is 4. The van der Waals surface area contributed by atoms with Crippen LogP contribution in [-0.4, -0.2) is 19.6 Å². The van der Waals surface area contributed by atoms with E-state index in [9.17, 15) is 5.11 Å². The van der Waals surface area contributed by atoms with E-state index in [4.69, 9.17) is 0 Å². The molecule has 2 aromatic heterocycles. The molecule has 0 amide bonds. The second-order valence-electron chi connectivity index (χ2n) is 3.97. The SMILES string of the molecule is OCn1c(=Nc2ccccc2)ccc2nccnc21. The highest BCUT2D eigenvalue weighted by atomic mass is 16.3. The van der Waals surface area contributed by atoms with Gasteiger partial charge < -0.3 is 5.11 Å². The van der Waals surface area contributed by atoms with E-state index in [0.29, 0.717) is 11.1 Å². The van der Waals surface area contributed by atoms with Crippen molar-refractivity contribution in [1.29, 1.82) is 0 Å². The molecule has 5 nitrogen and oxygen atoms in total. The average Bonchev–Trinajstić information content (AvgIpc) is 2.48. The molecule has 19 heavy (non-hydrogen) atoms. The Morgan fingerprint density at radius 2 is 1.79 bits per heavy atom. The summed E-state index contributed by atoms with van der Waals surface area (Å²) in [5.41, 5.74) is 2.81. The molecule has 0 atom stereocenters. The molecule has 2 heterocycles. The van der Waals surface area contributed by atoms with Gasteiger partial charge in [0, 0.05) is 12.4 Å². The Labute approximate surface area is 109 Å². The normalized spacial score (nSPS) is 11.9. The maximum Gasteiger partial charge on any atom is 0.162 e. The van der Waals surface area contributed by atoms with Crippen LogP contribution >= 0.6 is 0 Å². The molecule has 1 N–H and O–H groups in total. The lowest BCUT2D eigenvalue weighted by molar-refractivity contribution is 0.209. The molecule has 0 aliphatic heterocycles. The third-order valence-electron chi connectivity index (χ3n) is 2.77. The minimum atomic E-state index is -0.193. The Hall–Kier alpha value is -2.53. The Morgan fingerprint density at radius 1 is 1.00 bits per heavy atom. The fourth-order valence-electron chi connectivity index (χ4n) is 1.89. The third-order valence-corrected chi connectivity index (χ3v) is 2.77. The topological polar surface area (TPSA) is 63.3 Å². The van der Waals surface area contributed by atoms with Crippen LogP contribution in [-0.2, 0) is 6.73 Å². The van der Waals surface area contributed by atoms with E-state index >= 15 is 0 Å². The van der Waals surface area contributed by atoms with E-state index in [1.165, 1.54) is 0 Å². The summed E-state index contributed by atoms with van der Waals surface area (Å²) >= 11 is 0. The molecule has 0 saturated carbocycles. The predicted octanol–water partition coefficient (Wildman–Crippen LogP) is 1.61. The summed E-state index contributed by atoms with van der Waals surface area (Å²) in [6, 6.07) is 13.2. The Bertz CT molecular complexity index is 765. The summed E-state index contributed by atoms with van der Waals surface area (Å²) in [6.07, 6.45) is 3.22. The summed E-state index contributed by atoms with van der Waals surface area (Å²) in [5, 5.41) is 9.53. The van der Waals surface area contributed by atoms with Crippen LogP contribution < -0.4 is 5.49 Å². The van der Waals surface area contributed by atoms with Gasteiger partial charge in [-0.1, -0.05) is 18.2 Å². The molecular formula is C14H12N4O. The lowest BCUT2D eigenvalue weighted by Gasteiger charge is -2.06. The number of para-hydroxylation sites is 1. The molecule has 5 heteroatoms. The van der Waals surface area contributed by atoms with Gasteiger partial charge in [-0.3, -0.25) is 9.55 Å². The second-order valence-corrected chi connectivity index (χ2v) is 3.97. The molecule has 0 fully saturated rings. The van der Waals surface area contributed by atoms with Crippen LogP contribution in [0.2, 0.25) is 0 Å². The molecule has 0 radical (unpaired) electrons. The lowest BCUT2D eigenvalue weighted by atomic mass is 10.3. The molecule has 0 unspecified atom stereocenters. The molecule has 0 saturated heterocycles. The minimum Gasteiger partial charge on any atom is -0.376 e. The highest BCUT2D eigenvalue weighted by Gasteiger charge is 2.02. The molecular weight excluding hydrogens is 240 g/mol. The fraction of sp³-hybridized carbons (Fsp3) is 0.0714. The summed E-state index contributed by atoms with van der Waals surface area (Å²) in [5.74, 6) is 0. The first-order valence-corrected chi connectivity index (χ1v) is 5.90. The van der Waals surface area contributed by atoms with E-state index in [0.717, 1.165) is 11.2 Å². The third kappa shape index (κ3) is 2.23. The van der Waals surface area contributed by atoms with Crippen molar-refractivity contribution in [3.05, 3.63) is 60.3 Å². The number of nitrogens with zero attached hydrogens (tertiary/aromatic N) is 4. The zero-order chi connectivity index (χ0) is 13.1. The Morgan fingerprint density at radius 3 is 2.58 bits per heavy atom. The second kappa shape index (κ2) is 4.99. The summed E-state index contributed by atoms with van der Waals surface area (Å²) in [7, 11) is 0. The Balaban J connectivity index is 2.27. The number of hydrogen-bond donors (Lipinski definition) is 1. The predicted molar refractivity (Wildman–Crippen MR) is 71.4 cm³/mol. The number of pyridine rings is 1. The monoisotopic (exact) mass is 252 g/mol.